The number of urea groups is 1. The first kappa shape index (κ1) is 15.8. The van der Waals surface area contributed by atoms with Gasteiger partial charge in [0.15, 0.2) is 5.78 Å². The Hall–Kier alpha value is -2.62. The van der Waals surface area contributed by atoms with Gasteiger partial charge in [0.25, 0.3) is 0 Å². The molecular formula is C18H20N2O2. The van der Waals surface area contributed by atoms with Crippen molar-refractivity contribution in [2.45, 2.75) is 26.7 Å². The number of rotatable bonds is 4. The van der Waals surface area contributed by atoms with E-state index in [1.165, 1.54) is 6.92 Å². The van der Waals surface area contributed by atoms with Crippen molar-refractivity contribution in [3.8, 4) is 0 Å². The van der Waals surface area contributed by atoms with Crippen molar-refractivity contribution in [3.63, 3.8) is 0 Å². The van der Waals surface area contributed by atoms with E-state index in [9.17, 15) is 9.59 Å². The first-order chi connectivity index (χ1) is 10.5. The summed E-state index contributed by atoms with van der Waals surface area (Å²) in [6.07, 6.45) is 0. The van der Waals surface area contributed by atoms with E-state index in [1.807, 2.05) is 24.3 Å². The highest BCUT2D eigenvalue weighted by Gasteiger charge is 2.09. The second kappa shape index (κ2) is 6.89. The lowest BCUT2D eigenvalue weighted by molar-refractivity contribution is 0.101. The molecule has 0 radical (unpaired) electrons. The molecule has 2 aromatic carbocycles. The molecule has 0 aromatic heterocycles. The van der Waals surface area contributed by atoms with Gasteiger partial charge in [-0.3, -0.25) is 4.79 Å². The number of para-hydroxylation sites is 1. The lowest BCUT2D eigenvalue weighted by Gasteiger charge is -2.14. The van der Waals surface area contributed by atoms with Gasteiger partial charge in [0, 0.05) is 16.9 Å². The van der Waals surface area contributed by atoms with Crippen molar-refractivity contribution in [2.24, 2.45) is 0 Å². The molecule has 0 saturated carbocycles. The molecule has 0 aliphatic heterocycles. The summed E-state index contributed by atoms with van der Waals surface area (Å²) in [5.41, 5.74) is 3.03. The van der Waals surface area contributed by atoms with Crippen molar-refractivity contribution < 1.29 is 9.59 Å². The van der Waals surface area contributed by atoms with Gasteiger partial charge in [0.1, 0.15) is 0 Å². The number of hydrogen-bond acceptors (Lipinski definition) is 2. The molecule has 0 heterocycles. The van der Waals surface area contributed by atoms with Crippen LogP contribution in [-0.4, -0.2) is 11.8 Å². The number of benzene rings is 2. The van der Waals surface area contributed by atoms with Gasteiger partial charge in [-0.05, 0) is 36.6 Å². The van der Waals surface area contributed by atoms with Crippen LogP contribution in [0.4, 0.5) is 16.2 Å². The van der Waals surface area contributed by atoms with E-state index in [4.69, 9.17) is 0 Å². The lowest BCUT2D eigenvalue weighted by atomic mass is 10.0. The van der Waals surface area contributed by atoms with Crippen molar-refractivity contribution in [1.29, 1.82) is 0 Å². The Balaban J connectivity index is 2.11. The van der Waals surface area contributed by atoms with Crippen LogP contribution < -0.4 is 10.6 Å². The van der Waals surface area contributed by atoms with E-state index in [0.717, 1.165) is 11.3 Å². The van der Waals surface area contributed by atoms with Crippen LogP contribution in [0.15, 0.2) is 48.5 Å². The maximum atomic E-state index is 12.1. The van der Waals surface area contributed by atoms with Gasteiger partial charge in [0.2, 0.25) is 0 Å². The van der Waals surface area contributed by atoms with E-state index >= 15 is 0 Å². The molecule has 0 bridgehead atoms. The molecule has 2 rings (SSSR count). The number of carbonyl (C=O) groups excluding carboxylic acids is 2. The van der Waals surface area contributed by atoms with E-state index in [0.29, 0.717) is 17.2 Å². The van der Waals surface area contributed by atoms with Crippen LogP contribution in [0.2, 0.25) is 0 Å². The largest absolute Gasteiger partial charge is 0.323 e. The highest BCUT2D eigenvalue weighted by Crippen LogP contribution is 2.23. The molecule has 0 saturated heterocycles. The fourth-order valence-electron chi connectivity index (χ4n) is 2.21. The molecule has 22 heavy (non-hydrogen) atoms. The zero-order valence-electron chi connectivity index (χ0n) is 13.0. The topological polar surface area (TPSA) is 58.2 Å². The molecule has 0 unspecified atom stereocenters. The fraction of sp³-hybridized carbons (Fsp3) is 0.222. The standard InChI is InChI=1S/C18H20N2O2/c1-12(2)16-9-4-5-10-17(16)20-18(22)19-15-8-6-7-14(11-15)13(3)21/h4-12H,1-3H3,(H2,19,20,22). The van der Waals surface area contributed by atoms with Crippen molar-refractivity contribution in [1.82, 2.24) is 0 Å². The predicted octanol–water partition coefficient (Wildman–Crippen LogP) is 4.66. The predicted molar refractivity (Wildman–Crippen MR) is 89.6 cm³/mol. The van der Waals surface area contributed by atoms with Gasteiger partial charge >= 0.3 is 6.03 Å². The summed E-state index contributed by atoms with van der Waals surface area (Å²) in [4.78, 5) is 23.5. The van der Waals surface area contributed by atoms with E-state index in [-0.39, 0.29) is 11.8 Å². The third kappa shape index (κ3) is 3.95. The summed E-state index contributed by atoms with van der Waals surface area (Å²) < 4.78 is 0. The summed E-state index contributed by atoms with van der Waals surface area (Å²) in [6.45, 7) is 5.65. The monoisotopic (exact) mass is 296 g/mol. The first-order valence-electron chi connectivity index (χ1n) is 7.25. The number of hydrogen-bond donors (Lipinski definition) is 2. The molecule has 0 spiro atoms. The van der Waals surface area contributed by atoms with Crippen LogP contribution in [0.1, 0.15) is 42.6 Å². The van der Waals surface area contributed by atoms with E-state index in [1.54, 1.807) is 24.3 Å². The molecule has 2 aromatic rings. The molecule has 0 aliphatic carbocycles. The fourth-order valence-corrected chi connectivity index (χ4v) is 2.21. The van der Waals surface area contributed by atoms with Crippen LogP contribution >= 0.6 is 0 Å². The molecule has 0 atom stereocenters. The maximum Gasteiger partial charge on any atom is 0.323 e. The number of nitrogens with one attached hydrogen (secondary N) is 2. The number of Topliss-reactive ketones (excluding diaryl/α,β-unsaturated/α-hetero) is 1. The lowest BCUT2D eigenvalue weighted by Crippen LogP contribution is -2.20. The van der Waals surface area contributed by atoms with Crippen LogP contribution in [-0.2, 0) is 0 Å². The summed E-state index contributed by atoms with van der Waals surface area (Å²) in [5, 5.41) is 5.60. The van der Waals surface area contributed by atoms with Crippen molar-refractivity contribution >= 4 is 23.2 Å². The Kier molecular flexibility index (Phi) is 4.94. The quantitative estimate of drug-likeness (QED) is 0.806. The Morgan fingerprint density at radius 2 is 1.68 bits per heavy atom. The second-order valence-corrected chi connectivity index (χ2v) is 5.46. The molecule has 4 nitrogen and oxygen atoms in total. The first-order valence-corrected chi connectivity index (χ1v) is 7.25. The SMILES string of the molecule is CC(=O)c1cccc(NC(=O)Nc2ccccc2C(C)C)c1. The molecule has 0 fully saturated rings. The van der Waals surface area contributed by atoms with E-state index in [2.05, 4.69) is 24.5 Å². The zero-order valence-corrected chi connectivity index (χ0v) is 13.0. The summed E-state index contributed by atoms with van der Waals surface area (Å²) >= 11 is 0. The van der Waals surface area contributed by atoms with Gasteiger partial charge in [-0.15, -0.1) is 0 Å². The van der Waals surface area contributed by atoms with Crippen LogP contribution in [0.5, 0.6) is 0 Å². The average molecular weight is 296 g/mol. The zero-order chi connectivity index (χ0) is 16.1. The summed E-state index contributed by atoms with van der Waals surface area (Å²) in [7, 11) is 0. The highest BCUT2D eigenvalue weighted by molar-refractivity contribution is 6.01. The van der Waals surface area contributed by atoms with Crippen LogP contribution in [0.25, 0.3) is 0 Å². The second-order valence-electron chi connectivity index (χ2n) is 5.46. The average Bonchev–Trinajstić information content (AvgIpc) is 2.47. The Labute approximate surface area is 130 Å². The third-order valence-corrected chi connectivity index (χ3v) is 3.36. The summed E-state index contributed by atoms with van der Waals surface area (Å²) in [6, 6.07) is 14.3. The molecule has 0 aliphatic rings. The number of anilines is 2. The van der Waals surface area contributed by atoms with Crippen LogP contribution in [0.3, 0.4) is 0 Å². The van der Waals surface area contributed by atoms with Crippen molar-refractivity contribution in [3.05, 3.63) is 59.7 Å². The van der Waals surface area contributed by atoms with Gasteiger partial charge in [-0.2, -0.15) is 0 Å². The minimum Gasteiger partial charge on any atom is -0.308 e. The Morgan fingerprint density at radius 3 is 2.36 bits per heavy atom. The molecule has 2 N–H and O–H groups in total. The highest BCUT2D eigenvalue weighted by atomic mass is 16.2. The molecular weight excluding hydrogens is 276 g/mol. The minimum absolute atomic E-state index is 0.0331. The number of amides is 2. The molecule has 4 heteroatoms. The Bertz CT molecular complexity index is 693. The van der Waals surface area contributed by atoms with Gasteiger partial charge in [-0.25, -0.2) is 4.79 Å². The van der Waals surface area contributed by atoms with Gasteiger partial charge in [-0.1, -0.05) is 44.2 Å². The van der Waals surface area contributed by atoms with E-state index < -0.39 is 0 Å². The summed E-state index contributed by atoms with van der Waals surface area (Å²) in [5.74, 6) is 0.284. The van der Waals surface area contributed by atoms with Gasteiger partial charge < -0.3 is 10.6 Å². The smallest absolute Gasteiger partial charge is 0.308 e. The number of ketones is 1. The van der Waals surface area contributed by atoms with Crippen LogP contribution in [0, 0.1) is 0 Å². The molecule has 2 amide bonds. The van der Waals surface area contributed by atoms with Gasteiger partial charge in [0.05, 0.1) is 0 Å². The van der Waals surface area contributed by atoms with Crippen molar-refractivity contribution in [2.75, 3.05) is 10.6 Å². The minimum atomic E-state index is -0.325. The Morgan fingerprint density at radius 1 is 0.955 bits per heavy atom. The third-order valence-electron chi connectivity index (χ3n) is 3.36. The normalized spacial score (nSPS) is 10.4. The number of carbonyl (C=O) groups is 2. The molecule has 114 valence electrons. The maximum absolute atomic E-state index is 12.1.